The van der Waals surface area contributed by atoms with Gasteiger partial charge >= 0.3 is 294 Å². The molecule has 0 aromatic heterocycles. The van der Waals surface area contributed by atoms with Crippen molar-refractivity contribution in [3.05, 3.63) is 153 Å². The van der Waals surface area contributed by atoms with E-state index in [9.17, 15) is 0 Å². The zero-order valence-corrected chi connectivity index (χ0v) is 33.1. The van der Waals surface area contributed by atoms with E-state index in [1.165, 1.54) is 66.1 Å². The molecule has 49 heavy (non-hydrogen) atoms. The average molecular weight is 757 g/mol. The van der Waals surface area contributed by atoms with Crippen molar-refractivity contribution in [2.45, 2.75) is 62.4 Å². The molecule has 0 heterocycles. The van der Waals surface area contributed by atoms with Crippen LogP contribution in [0.5, 0.6) is 0 Å². The fourth-order valence-corrected chi connectivity index (χ4v) is 11.7. The van der Waals surface area contributed by atoms with Gasteiger partial charge in [0.15, 0.2) is 0 Å². The molecule has 0 saturated heterocycles. The van der Waals surface area contributed by atoms with Crippen molar-refractivity contribution < 1.29 is 48.0 Å². The van der Waals surface area contributed by atoms with Crippen LogP contribution in [-0.2, 0) is 34.1 Å². The van der Waals surface area contributed by atoms with Crippen LogP contribution in [0.3, 0.4) is 0 Å². The molecule has 0 bridgehead atoms. The quantitative estimate of drug-likeness (QED) is 0.183. The Bertz CT molecular complexity index is 2120. The van der Waals surface area contributed by atoms with Crippen LogP contribution in [0.2, 0.25) is 0 Å². The molecule has 2 aliphatic carbocycles. The molecule has 0 atom stereocenters. The van der Waals surface area contributed by atoms with Gasteiger partial charge < -0.3 is 24.8 Å². The van der Waals surface area contributed by atoms with E-state index >= 15 is 0 Å². The van der Waals surface area contributed by atoms with Crippen molar-refractivity contribution in [3.8, 4) is 33.4 Å². The van der Waals surface area contributed by atoms with Gasteiger partial charge in [0.1, 0.15) is 0 Å². The van der Waals surface area contributed by atoms with E-state index in [0.29, 0.717) is 3.63 Å². The standard InChI is InChI=1S/C41H37.C5H5.2ClH.Zr/c1-40(2,3)38-24-34-28(22-36(38)32-19-11-15-26-13-7-9-17-30(26)32)21-29-23-37(39(25-35(29)34)41(4,5)6)33-20-12-16-27-14-8-10-18-31(27)33;1-2-4-5-3-1;;;/h7-25H,1-6H3;1-3H,4H2;2*1H;/q;;;;+2/p-2. The molecule has 0 saturated carbocycles. The van der Waals surface area contributed by atoms with E-state index in [1.54, 1.807) is 14.4 Å². The molecule has 0 unspecified atom stereocenters. The van der Waals surface area contributed by atoms with Gasteiger partial charge in [-0.2, -0.15) is 0 Å². The van der Waals surface area contributed by atoms with Crippen molar-refractivity contribution in [1.29, 1.82) is 0 Å². The first kappa shape index (κ1) is 35.6. The summed E-state index contributed by atoms with van der Waals surface area (Å²) in [5, 5.41) is 5.28. The molecule has 0 aliphatic heterocycles. The van der Waals surface area contributed by atoms with Crippen LogP contribution in [0, 0.1) is 0 Å². The van der Waals surface area contributed by atoms with Crippen LogP contribution < -0.4 is 24.8 Å². The van der Waals surface area contributed by atoms with Crippen LogP contribution in [0.1, 0.15) is 73.8 Å². The molecule has 0 spiro atoms. The Morgan fingerprint density at radius 3 is 1.39 bits per heavy atom. The molecule has 0 radical (unpaired) electrons. The number of halogens is 2. The molecule has 6 aromatic rings. The molecule has 8 rings (SSSR count). The fourth-order valence-electron chi connectivity index (χ4n) is 7.85. The monoisotopic (exact) mass is 754 g/mol. The smallest absolute Gasteiger partial charge is 1.00 e. The summed E-state index contributed by atoms with van der Waals surface area (Å²) < 4.78 is 2.16. The van der Waals surface area contributed by atoms with Gasteiger partial charge in [-0.1, -0.05) is 0 Å². The largest absolute Gasteiger partial charge is 1.00 e. The van der Waals surface area contributed by atoms with Gasteiger partial charge in [0.2, 0.25) is 0 Å². The molecule has 3 heteroatoms. The molecule has 0 fully saturated rings. The summed E-state index contributed by atoms with van der Waals surface area (Å²) in [7, 11) is 0. The molecular formula is C46H42Cl2Zr. The van der Waals surface area contributed by atoms with Gasteiger partial charge in [-0.3, -0.25) is 0 Å². The summed E-state index contributed by atoms with van der Waals surface area (Å²) in [6, 6.07) is 41.9. The van der Waals surface area contributed by atoms with Crippen LogP contribution in [-0.4, -0.2) is 0 Å². The van der Waals surface area contributed by atoms with Crippen LogP contribution >= 0.6 is 0 Å². The maximum absolute atomic E-state index is 2.63. The van der Waals surface area contributed by atoms with E-state index in [2.05, 4.69) is 169 Å². The van der Waals surface area contributed by atoms with E-state index < -0.39 is 23.2 Å². The van der Waals surface area contributed by atoms with Crippen LogP contribution in [0.25, 0.3) is 54.9 Å². The fraction of sp³-hybridized carbons (Fsp3) is 0.217. The number of rotatable bonds is 4. The maximum Gasteiger partial charge on any atom is -1.00 e. The minimum atomic E-state index is -0.994. The molecular weight excluding hydrogens is 715 g/mol. The van der Waals surface area contributed by atoms with Crippen LogP contribution in [0.4, 0.5) is 0 Å². The van der Waals surface area contributed by atoms with Gasteiger partial charge in [0.25, 0.3) is 0 Å². The molecule has 244 valence electrons. The van der Waals surface area contributed by atoms with Crippen LogP contribution in [0.15, 0.2) is 131 Å². The molecule has 0 nitrogen and oxygen atoms in total. The minimum Gasteiger partial charge on any atom is -1.00 e. The summed E-state index contributed by atoms with van der Waals surface area (Å²) in [6.45, 7) is 14.3. The Balaban J connectivity index is 0.00000208. The Morgan fingerprint density at radius 2 is 0.959 bits per heavy atom. The maximum atomic E-state index is 2.63. The Morgan fingerprint density at radius 1 is 0.510 bits per heavy atom. The summed E-state index contributed by atoms with van der Waals surface area (Å²) in [4.78, 5) is 0. The van der Waals surface area contributed by atoms with Gasteiger partial charge in [-0.15, -0.1) is 0 Å². The predicted molar refractivity (Wildman–Crippen MR) is 199 cm³/mol. The first-order valence-electron chi connectivity index (χ1n) is 17.0. The molecule has 2 aliphatic rings. The first-order chi connectivity index (χ1) is 22.6. The van der Waals surface area contributed by atoms with Crippen molar-refractivity contribution in [1.82, 2.24) is 0 Å². The Kier molecular flexibility index (Phi) is 9.80. The summed E-state index contributed by atoms with van der Waals surface area (Å²) in [5.41, 5.74) is 14.4. The number of hydrogen-bond donors (Lipinski definition) is 0. The third-order valence-electron chi connectivity index (χ3n) is 10.2. The predicted octanol–water partition coefficient (Wildman–Crippen LogP) is 6.93. The summed E-state index contributed by atoms with van der Waals surface area (Å²) in [5.74, 6) is 0. The summed E-state index contributed by atoms with van der Waals surface area (Å²) in [6.07, 6.45) is 8.18. The first-order valence-corrected chi connectivity index (χ1v) is 19.7. The zero-order valence-electron chi connectivity index (χ0n) is 29.2. The van der Waals surface area contributed by atoms with Crippen molar-refractivity contribution >= 4 is 21.5 Å². The van der Waals surface area contributed by atoms with E-state index in [1.807, 2.05) is 0 Å². The SMILES string of the molecule is CC(C)(C)c1cc2c(cc1-c1cccc3ccccc13)[CH]([Zr+2][C]1=CC=CC1)c1cc(-c3cccc4ccccc34)c(C(C)(C)C)cc1-2.[Cl-].[Cl-]. The van der Waals surface area contributed by atoms with Crippen molar-refractivity contribution in [3.63, 3.8) is 0 Å². The van der Waals surface area contributed by atoms with Gasteiger partial charge in [-0.05, 0) is 0 Å². The zero-order chi connectivity index (χ0) is 32.5. The third-order valence-corrected chi connectivity index (χ3v) is 14.2. The van der Waals surface area contributed by atoms with Gasteiger partial charge in [-0.25, -0.2) is 0 Å². The number of allylic oxidation sites excluding steroid dienone is 4. The Hall–Kier alpha value is -3.22. The second kappa shape index (κ2) is 13.5. The molecule has 0 N–H and O–H groups in total. The minimum absolute atomic E-state index is 0. The third kappa shape index (κ3) is 6.33. The van der Waals surface area contributed by atoms with E-state index in [4.69, 9.17) is 0 Å². The number of hydrogen-bond acceptors (Lipinski definition) is 0. The summed E-state index contributed by atoms with van der Waals surface area (Å²) >= 11 is -0.994. The van der Waals surface area contributed by atoms with E-state index in [-0.39, 0.29) is 35.6 Å². The second-order valence-electron chi connectivity index (χ2n) is 15.4. The molecule has 6 aromatic carbocycles. The Labute approximate surface area is 316 Å². The van der Waals surface area contributed by atoms with E-state index in [0.717, 1.165) is 6.42 Å². The number of benzene rings is 6. The second-order valence-corrected chi connectivity index (χ2v) is 19.1. The van der Waals surface area contributed by atoms with Gasteiger partial charge in [0, 0.05) is 0 Å². The number of fused-ring (bicyclic) bond motifs is 5. The normalized spacial score (nSPS) is 13.8. The van der Waals surface area contributed by atoms with Crippen molar-refractivity contribution in [2.75, 3.05) is 0 Å². The van der Waals surface area contributed by atoms with Crippen molar-refractivity contribution in [2.24, 2.45) is 0 Å². The average Bonchev–Trinajstić information content (AvgIpc) is 3.68. The van der Waals surface area contributed by atoms with Gasteiger partial charge in [0.05, 0.1) is 0 Å². The topological polar surface area (TPSA) is 0 Å². The molecule has 0 amide bonds.